The lowest BCUT2D eigenvalue weighted by atomic mass is 10.3. The number of aryl methyl sites for hydroxylation is 1. The number of fused-ring (bicyclic) bond motifs is 1. The van der Waals surface area contributed by atoms with Crippen molar-refractivity contribution in [1.82, 2.24) is 24.0 Å². The third-order valence-electron chi connectivity index (χ3n) is 4.37. The second-order valence-electron chi connectivity index (χ2n) is 6.04. The first-order valence-corrected chi connectivity index (χ1v) is 8.46. The van der Waals surface area contributed by atoms with E-state index in [0.717, 1.165) is 39.3 Å². The first kappa shape index (κ1) is 17.6. The summed E-state index contributed by atoms with van der Waals surface area (Å²) < 4.78 is 8.24. The molecule has 0 bridgehead atoms. The van der Waals surface area contributed by atoms with Crippen LogP contribution in [-0.2, 0) is 18.3 Å². The van der Waals surface area contributed by atoms with Crippen molar-refractivity contribution in [3.05, 3.63) is 20.8 Å². The Kier molecular flexibility index (Phi) is 5.51. The summed E-state index contributed by atoms with van der Waals surface area (Å²) in [6.07, 6.45) is 0.914. The molecule has 10 heteroatoms. The number of aliphatic hydroxyl groups is 1. The molecule has 0 spiro atoms. The van der Waals surface area contributed by atoms with Gasteiger partial charge in [0.25, 0.3) is 5.56 Å². The van der Waals surface area contributed by atoms with Crippen molar-refractivity contribution in [2.45, 2.75) is 13.0 Å². The fourth-order valence-electron chi connectivity index (χ4n) is 3.01. The Bertz CT molecular complexity index is 833. The number of hydrogen-bond acceptors (Lipinski definition) is 7. The number of aromatic nitrogens is 4. The van der Waals surface area contributed by atoms with Gasteiger partial charge in [0.15, 0.2) is 11.2 Å². The van der Waals surface area contributed by atoms with Crippen molar-refractivity contribution in [3.63, 3.8) is 0 Å². The monoisotopic (exact) mass is 352 g/mol. The molecule has 3 heterocycles. The van der Waals surface area contributed by atoms with Gasteiger partial charge in [0.1, 0.15) is 0 Å². The first-order valence-electron chi connectivity index (χ1n) is 8.46. The predicted molar refractivity (Wildman–Crippen MR) is 93.0 cm³/mol. The van der Waals surface area contributed by atoms with Gasteiger partial charge >= 0.3 is 5.69 Å². The molecular weight excluding hydrogens is 328 g/mol. The average molecular weight is 352 g/mol. The summed E-state index contributed by atoms with van der Waals surface area (Å²) in [5.41, 5.74) is -0.421. The van der Waals surface area contributed by atoms with Crippen molar-refractivity contribution in [1.29, 1.82) is 0 Å². The Morgan fingerprint density at radius 3 is 2.76 bits per heavy atom. The van der Waals surface area contributed by atoms with Gasteiger partial charge in [0.2, 0.25) is 5.95 Å². The van der Waals surface area contributed by atoms with Gasteiger partial charge in [-0.15, -0.1) is 0 Å². The molecule has 0 atom stereocenters. The Morgan fingerprint density at radius 2 is 2.04 bits per heavy atom. The van der Waals surface area contributed by atoms with Gasteiger partial charge in [-0.1, -0.05) is 0 Å². The number of rotatable bonds is 7. The van der Waals surface area contributed by atoms with Crippen LogP contribution in [0.15, 0.2) is 9.59 Å². The van der Waals surface area contributed by atoms with E-state index in [1.807, 2.05) is 0 Å². The largest absolute Gasteiger partial charge is 0.395 e. The number of H-pyrrole nitrogens is 1. The molecule has 25 heavy (non-hydrogen) atoms. The number of ether oxygens (including phenoxy) is 1. The first-order chi connectivity index (χ1) is 12.1. The van der Waals surface area contributed by atoms with Crippen LogP contribution >= 0.6 is 0 Å². The molecule has 138 valence electrons. The SMILES string of the molecule is Cn1c(=O)[nH]c(=O)c2c1nc(NCCCN1CCOCC1)n2CCO. The third kappa shape index (κ3) is 3.75. The Balaban J connectivity index is 1.75. The molecule has 0 amide bonds. The molecule has 0 aliphatic carbocycles. The number of hydrogen-bond donors (Lipinski definition) is 3. The van der Waals surface area contributed by atoms with Gasteiger partial charge in [-0.05, 0) is 13.0 Å². The lowest BCUT2D eigenvalue weighted by Gasteiger charge is -2.26. The van der Waals surface area contributed by atoms with Crippen LogP contribution in [0.2, 0.25) is 0 Å². The average Bonchev–Trinajstić information content (AvgIpc) is 2.97. The maximum absolute atomic E-state index is 12.1. The predicted octanol–water partition coefficient (Wildman–Crippen LogP) is -1.45. The van der Waals surface area contributed by atoms with Crippen LogP contribution in [0.1, 0.15) is 6.42 Å². The number of aliphatic hydroxyl groups excluding tert-OH is 1. The summed E-state index contributed by atoms with van der Waals surface area (Å²) in [7, 11) is 1.55. The molecule has 1 fully saturated rings. The summed E-state index contributed by atoms with van der Waals surface area (Å²) >= 11 is 0. The lowest BCUT2D eigenvalue weighted by molar-refractivity contribution is 0.0378. The van der Waals surface area contributed by atoms with Crippen LogP contribution in [-0.4, -0.2) is 75.1 Å². The van der Waals surface area contributed by atoms with Crippen molar-refractivity contribution in [2.24, 2.45) is 7.05 Å². The maximum atomic E-state index is 12.1. The van der Waals surface area contributed by atoms with E-state index in [9.17, 15) is 14.7 Å². The molecule has 0 unspecified atom stereocenters. The number of nitrogens with zero attached hydrogens (tertiary/aromatic N) is 4. The van der Waals surface area contributed by atoms with Crippen LogP contribution in [0.5, 0.6) is 0 Å². The van der Waals surface area contributed by atoms with Crippen LogP contribution < -0.4 is 16.6 Å². The van der Waals surface area contributed by atoms with Gasteiger partial charge in [-0.25, -0.2) is 4.79 Å². The van der Waals surface area contributed by atoms with Crippen LogP contribution in [0, 0.1) is 0 Å². The molecule has 2 aromatic heterocycles. The highest BCUT2D eigenvalue weighted by Gasteiger charge is 2.17. The van der Waals surface area contributed by atoms with Gasteiger partial charge in [0, 0.05) is 33.2 Å². The zero-order chi connectivity index (χ0) is 17.8. The third-order valence-corrected chi connectivity index (χ3v) is 4.37. The Morgan fingerprint density at radius 1 is 1.28 bits per heavy atom. The molecule has 1 aliphatic heterocycles. The highest BCUT2D eigenvalue weighted by atomic mass is 16.5. The fraction of sp³-hybridized carbons (Fsp3) is 0.667. The van der Waals surface area contributed by atoms with E-state index < -0.39 is 11.2 Å². The molecule has 3 N–H and O–H groups in total. The second kappa shape index (κ2) is 7.81. The van der Waals surface area contributed by atoms with Crippen molar-refractivity contribution >= 4 is 17.1 Å². The minimum atomic E-state index is -0.509. The van der Waals surface area contributed by atoms with Gasteiger partial charge < -0.3 is 19.7 Å². The van der Waals surface area contributed by atoms with Gasteiger partial charge in [-0.3, -0.25) is 19.2 Å². The van der Waals surface area contributed by atoms with Crippen molar-refractivity contribution < 1.29 is 9.84 Å². The standard InChI is InChI=1S/C15H24N6O4/c1-19-12-11(13(23)18-15(19)24)21(5-8-22)14(17-12)16-3-2-4-20-6-9-25-10-7-20/h22H,2-10H2,1H3,(H,16,17)(H,18,23,24). The normalized spacial score (nSPS) is 15.8. The minimum Gasteiger partial charge on any atom is -0.395 e. The Labute approximate surface area is 144 Å². The topological polar surface area (TPSA) is 117 Å². The molecule has 0 saturated carbocycles. The minimum absolute atomic E-state index is 0.129. The van der Waals surface area contributed by atoms with E-state index in [1.54, 1.807) is 11.6 Å². The summed E-state index contributed by atoms with van der Waals surface area (Å²) in [6.45, 7) is 5.17. The van der Waals surface area contributed by atoms with Gasteiger partial charge in [0.05, 0.1) is 19.8 Å². The highest BCUT2D eigenvalue weighted by Crippen LogP contribution is 2.15. The fourth-order valence-corrected chi connectivity index (χ4v) is 3.01. The number of morpholine rings is 1. The number of imidazole rings is 1. The van der Waals surface area contributed by atoms with E-state index in [2.05, 4.69) is 20.2 Å². The van der Waals surface area contributed by atoms with Crippen LogP contribution in [0.25, 0.3) is 11.2 Å². The summed E-state index contributed by atoms with van der Waals surface area (Å²) in [5.74, 6) is 0.484. The number of nitrogens with one attached hydrogen (secondary N) is 2. The van der Waals surface area contributed by atoms with E-state index in [1.165, 1.54) is 4.57 Å². The highest BCUT2D eigenvalue weighted by molar-refractivity contribution is 5.74. The second-order valence-corrected chi connectivity index (χ2v) is 6.04. The molecule has 1 aliphatic rings. The smallest absolute Gasteiger partial charge is 0.329 e. The molecule has 0 aromatic carbocycles. The lowest BCUT2D eigenvalue weighted by Crippen LogP contribution is -2.37. The van der Waals surface area contributed by atoms with E-state index >= 15 is 0 Å². The molecule has 1 saturated heterocycles. The number of anilines is 1. The van der Waals surface area contributed by atoms with Gasteiger partial charge in [-0.2, -0.15) is 4.98 Å². The van der Waals surface area contributed by atoms with E-state index in [-0.39, 0.29) is 18.7 Å². The molecule has 0 radical (unpaired) electrons. The van der Waals surface area contributed by atoms with E-state index in [0.29, 0.717) is 18.1 Å². The zero-order valence-corrected chi connectivity index (χ0v) is 14.3. The maximum Gasteiger partial charge on any atom is 0.329 e. The van der Waals surface area contributed by atoms with Crippen LogP contribution in [0.3, 0.4) is 0 Å². The molecule has 2 aromatic rings. The molecule has 3 rings (SSSR count). The molecular formula is C15H24N6O4. The van der Waals surface area contributed by atoms with Crippen molar-refractivity contribution in [2.75, 3.05) is 51.3 Å². The van der Waals surface area contributed by atoms with Crippen LogP contribution in [0.4, 0.5) is 5.95 Å². The van der Waals surface area contributed by atoms with E-state index in [4.69, 9.17) is 4.74 Å². The summed E-state index contributed by atoms with van der Waals surface area (Å²) in [6, 6.07) is 0. The quantitative estimate of drug-likeness (QED) is 0.522. The summed E-state index contributed by atoms with van der Waals surface area (Å²) in [5, 5.41) is 12.5. The Hall–Kier alpha value is -2.17. The zero-order valence-electron chi connectivity index (χ0n) is 14.3. The van der Waals surface area contributed by atoms with Crippen molar-refractivity contribution in [3.8, 4) is 0 Å². The summed E-state index contributed by atoms with van der Waals surface area (Å²) in [4.78, 5) is 32.9. The number of aromatic amines is 1. The molecule has 10 nitrogen and oxygen atoms in total.